The molecule has 0 N–H and O–H groups in total. The predicted octanol–water partition coefficient (Wildman–Crippen LogP) is 6.32. The fraction of sp³-hybridized carbons (Fsp3) is 0.409. The second kappa shape index (κ2) is 13.5. The van der Waals surface area contributed by atoms with Crippen LogP contribution in [0.2, 0.25) is 0 Å². The van der Waals surface area contributed by atoms with Crippen molar-refractivity contribution in [1.29, 1.82) is 0 Å². The number of allylic oxidation sites excluding steroid dienone is 5. The molecule has 0 spiro atoms. The zero-order chi connectivity index (χ0) is 17.2. The van der Waals surface area contributed by atoms with E-state index in [-0.39, 0.29) is 26.7 Å². The Morgan fingerprint density at radius 3 is 2.08 bits per heavy atom. The largest absolute Gasteiger partial charge is 0.372 e. The molecular formula is C22H35NOS. The van der Waals surface area contributed by atoms with Gasteiger partial charge in [-0.05, 0) is 57.0 Å². The highest BCUT2D eigenvalue weighted by atomic mass is 32.1. The zero-order valence-electron chi connectivity index (χ0n) is 15.4. The average Bonchev–Trinajstić information content (AvgIpc) is 3.10. The van der Waals surface area contributed by atoms with Gasteiger partial charge in [0.15, 0.2) is 5.78 Å². The summed E-state index contributed by atoms with van der Waals surface area (Å²) in [5.74, 6) is 0.0454. The van der Waals surface area contributed by atoms with Crippen molar-refractivity contribution >= 4 is 25.0 Å². The fourth-order valence-corrected chi connectivity index (χ4v) is 2.60. The fourth-order valence-electron chi connectivity index (χ4n) is 2.60. The monoisotopic (exact) mass is 361 g/mol. The number of hydrogen-bond donors (Lipinski definition) is 0. The number of hydrogen-bond acceptors (Lipinski definition) is 2. The number of carbonyl (C=O) groups is 1. The van der Waals surface area contributed by atoms with Crippen LogP contribution in [-0.4, -0.2) is 18.9 Å². The Labute approximate surface area is 161 Å². The molecule has 140 valence electrons. The number of nitrogens with zero attached hydrogens (tertiary/aromatic N) is 1. The third kappa shape index (κ3) is 7.78. The lowest BCUT2D eigenvalue weighted by atomic mass is 10.0. The molecule has 0 atom stereocenters. The summed E-state index contributed by atoms with van der Waals surface area (Å²) in [7, 11) is 0. The van der Waals surface area contributed by atoms with Gasteiger partial charge >= 0.3 is 0 Å². The van der Waals surface area contributed by atoms with E-state index < -0.39 is 0 Å². The Morgan fingerprint density at radius 1 is 1.12 bits per heavy atom. The molecule has 1 aromatic carbocycles. The summed E-state index contributed by atoms with van der Waals surface area (Å²) in [5, 5.41) is 0. The molecule has 1 aliphatic rings. The van der Waals surface area contributed by atoms with Crippen molar-refractivity contribution in [2.75, 3.05) is 18.0 Å². The van der Waals surface area contributed by atoms with Gasteiger partial charge in [0.1, 0.15) is 0 Å². The van der Waals surface area contributed by atoms with E-state index in [2.05, 4.69) is 11.5 Å². The molecule has 2 rings (SSSR count). The van der Waals surface area contributed by atoms with Crippen LogP contribution >= 0.6 is 13.5 Å². The van der Waals surface area contributed by atoms with Crippen LogP contribution < -0.4 is 4.90 Å². The molecule has 1 heterocycles. The Kier molecular flexibility index (Phi) is 13.8. The number of ketones is 1. The van der Waals surface area contributed by atoms with Crippen molar-refractivity contribution in [2.45, 2.75) is 48.0 Å². The van der Waals surface area contributed by atoms with E-state index in [4.69, 9.17) is 0 Å². The van der Waals surface area contributed by atoms with Gasteiger partial charge in [-0.15, -0.1) is 0 Å². The van der Waals surface area contributed by atoms with Crippen LogP contribution in [0.3, 0.4) is 0 Å². The molecule has 0 bridgehead atoms. The highest BCUT2D eigenvalue weighted by molar-refractivity contribution is 7.59. The quantitative estimate of drug-likeness (QED) is 0.347. The van der Waals surface area contributed by atoms with Crippen LogP contribution in [0, 0.1) is 0 Å². The van der Waals surface area contributed by atoms with Crippen LogP contribution in [-0.2, 0) is 0 Å². The van der Waals surface area contributed by atoms with E-state index in [1.165, 1.54) is 18.5 Å². The van der Waals surface area contributed by atoms with Crippen molar-refractivity contribution in [2.24, 2.45) is 0 Å². The minimum atomic E-state index is 0. The average molecular weight is 362 g/mol. The summed E-state index contributed by atoms with van der Waals surface area (Å²) >= 11 is 0. The number of carbonyl (C=O) groups excluding carboxylic acids is 1. The van der Waals surface area contributed by atoms with Crippen molar-refractivity contribution in [3.8, 4) is 0 Å². The summed E-state index contributed by atoms with van der Waals surface area (Å²) in [5.41, 5.74) is 3.49. The molecule has 0 aromatic heterocycles. The molecule has 1 aliphatic heterocycles. The van der Waals surface area contributed by atoms with E-state index >= 15 is 0 Å². The summed E-state index contributed by atoms with van der Waals surface area (Å²) in [6.07, 6.45) is 8.06. The second-order valence-corrected chi connectivity index (χ2v) is 5.52. The molecule has 0 aliphatic carbocycles. The number of rotatable bonds is 5. The number of benzene rings is 1. The first-order chi connectivity index (χ1) is 11.1. The SMILES string of the molecule is C.C=C(C)/C=C(\C=C/C)C(=O)c1ccc(N2CCCC2)cc1.CC.S. The molecule has 1 saturated heterocycles. The van der Waals surface area contributed by atoms with E-state index in [0.717, 1.165) is 24.2 Å². The lowest BCUT2D eigenvalue weighted by molar-refractivity contribution is 0.103. The highest BCUT2D eigenvalue weighted by Gasteiger charge is 2.14. The molecule has 3 heteroatoms. The lowest BCUT2D eigenvalue weighted by Gasteiger charge is -2.17. The Morgan fingerprint density at radius 2 is 1.64 bits per heavy atom. The van der Waals surface area contributed by atoms with Gasteiger partial charge in [-0.3, -0.25) is 4.79 Å². The van der Waals surface area contributed by atoms with E-state index in [0.29, 0.717) is 5.57 Å². The Balaban J connectivity index is 0. The van der Waals surface area contributed by atoms with Gasteiger partial charge < -0.3 is 4.90 Å². The number of Topliss-reactive ketones (excluding diaryl/α,β-unsaturated/α-hetero) is 1. The maximum absolute atomic E-state index is 12.5. The van der Waals surface area contributed by atoms with Crippen molar-refractivity contribution in [1.82, 2.24) is 0 Å². The van der Waals surface area contributed by atoms with E-state index in [1.807, 2.05) is 70.2 Å². The molecule has 1 aromatic rings. The molecule has 0 amide bonds. The molecule has 2 nitrogen and oxygen atoms in total. The topological polar surface area (TPSA) is 20.3 Å². The van der Waals surface area contributed by atoms with Gasteiger partial charge in [0.05, 0.1) is 0 Å². The summed E-state index contributed by atoms with van der Waals surface area (Å²) in [6.45, 7) is 13.9. The van der Waals surface area contributed by atoms with Gasteiger partial charge in [0, 0.05) is 29.9 Å². The van der Waals surface area contributed by atoms with E-state index in [1.54, 1.807) is 0 Å². The first kappa shape index (κ1) is 25.5. The minimum Gasteiger partial charge on any atom is -0.372 e. The Bertz CT molecular complexity index is 579. The third-order valence-corrected chi connectivity index (χ3v) is 3.61. The van der Waals surface area contributed by atoms with Crippen LogP contribution in [0.1, 0.15) is 58.3 Å². The standard InChI is InChI=1S/C19H23NO.C2H6.CH4.H2S/c1-4-7-17(14-15(2)3)19(21)16-8-10-18(11-9-16)20-12-5-6-13-20;1-2;;/h4,7-11,14H,2,5-6,12-13H2,1,3H3;1-2H3;1H4;1H2/b7-4-,17-14+;;;. The van der Waals surface area contributed by atoms with Gasteiger partial charge in [0.2, 0.25) is 0 Å². The smallest absolute Gasteiger partial charge is 0.193 e. The van der Waals surface area contributed by atoms with Gasteiger partial charge in [-0.1, -0.05) is 45.6 Å². The first-order valence-electron chi connectivity index (χ1n) is 8.51. The summed E-state index contributed by atoms with van der Waals surface area (Å²) in [4.78, 5) is 14.9. The van der Waals surface area contributed by atoms with Crippen LogP contribution in [0.15, 0.2) is 60.2 Å². The Hall–Kier alpha value is -1.74. The first-order valence-corrected chi connectivity index (χ1v) is 8.51. The molecular weight excluding hydrogens is 326 g/mol. The van der Waals surface area contributed by atoms with Crippen molar-refractivity contribution in [3.63, 3.8) is 0 Å². The molecule has 0 saturated carbocycles. The van der Waals surface area contributed by atoms with Crippen molar-refractivity contribution in [3.05, 3.63) is 65.8 Å². The predicted molar refractivity (Wildman–Crippen MR) is 118 cm³/mol. The van der Waals surface area contributed by atoms with Crippen molar-refractivity contribution < 1.29 is 4.79 Å². The normalized spacial score (nSPS) is 13.4. The third-order valence-electron chi connectivity index (χ3n) is 3.61. The van der Waals surface area contributed by atoms with Crippen LogP contribution in [0.4, 0.5) is 5.69 Å². The zero-order valence-corrected chi connectivity index (χ0v) is 16.4. The summed E-state index contributed by atoms with van der Waals surface area (Å²) < 4.78 is 0. The lowest BCUT2D eigenvalue weighted by Crippen LogP contribution is -2.17. The maximum Gasteiger partial charge on any atom is 0.193 e. The second-order valence-electron chi connectivity index (χ2n) is 5.52. The highest BCUT2D eigenvalue weighted by Crippen LogP contribution is 2.21. The van der Waals surface area contributed by atoms with Gasteiger partial charge in [-0.2, -0.15) is 13.5 Å². The molecule has 25 heavy (non-hydrogen) atoms. The summed E-state index contributed by atoms with van der Waals surface area (Å²) in [6, 6.07) is 7.94. The minimum absolute atomic E-state index is 0. The number of anilines is 1. The van der Waals surface area contributed by atoms with Crippen LogP contribution in [0.25, 0.3) is 0 Å². The van der Waals surface area contributed by atoms with Gasteiger partial charge in [0.25, 0.3) is 0 Å². The molecule has 1 fully saturated rings. The van der Waals surface area contributed by atoms with E-state index in [9.17, 15) is 4.79 Å². The van der Waals surface area contributed by atoms with Gasteiger partial charge in [-0.25, -0.2) is 0 Å². The van der Waals surface area contributed by atoms with Crippen LogP contribution in [0.5, 0.6) is 0 Å². The maximum atomic E-state index is 12.5. The molecule has 0 radical (unpaired) electrons. The molecule has 0 unspecified atom stereocenters.